The third-order valence-electron chi connectivity index (χ3n) is 3.92. The Hall–Kier alpha value is -3.54. The quantitative estimate of drug-likeness (QED) is 0.360. The van der Waals surface area contributed by atoms with Gasteiger partial charge in [0.05, 0.1) is 10.4 Å². The number of aromatic nitrogens is 2. The molecule has 0 fully saturated rings. The van der Waals surface area contributed by atoms with Gasteiger partial charge in [0, 0.05) is 36.2 Å². The second-order valence-corrected chi connectivity index (χ2v) is 5.67. The summed E-state index contributed by atoms with van der Waals surface area (Å²) in [5, 5.41) is 11.8. The first-order valence-corrected chi connectivity index (χ1v) is 8.12. The van der Waals surface area contributed by atoms with E-state index >= 15 is 0 Å². The van der Waals surface area contributed by atoms with Crippen molar-refractivity contribution >= 4 is 22.4 Å². The molecule has 26 heavy (non-hydrogen) atoms. The molecule has 1 aromatic heterocycles. The minimum atomic E-state index is -0.424. The number of rotatable bonds is 7. The highest BCUT2D eigenvalue weighted by Gasteiger charge is 2.14. The van der Waals surface area contributed by atoms with Crippen LogP contribution in [0.2, 0.25) is 0 Å². The summed E-state index contributed by atoms with van der Waals surface area (Å²) in [6, 6.07) is 14.0. The summed E-state index contributed by atoms with van der Waals surface area (Å²) >= 11 is 0. The number of fused-ring (bicyclic) bond motifs is 1. The molecule has 2 aromatic carbocycles. The Balaban J connectivity index is 2.16. The van der Waals surface area contributed by atoms with Crippen LogP contribution in [0.1, 0.15) is 0 Å². The van der Waals surface area contributed by atoms with E-state index in [0.717, 1.165) is 22.3 Å². The molecule has 0 bridgehead atoms. The maximum Gasteiger partial charge on any atom is 0.269 e. The first-order valence-electron chi connectivity index (χ1n) is 8.12. The Morgan fingerprint density at radius 2 is 1.65 bits per heavy atom. The van der Waals surface area contributed by atoms with Crippen molar-refractivity contribution in [3.8, 4) is 11.4 Å². The van der Waals surface area contributed by atoms with E-state index in [2.05, 4.69) is 23.0 Å². The molecule has 6 nitrogen and oxygen atoms in total. The summed E-state index contributed by atoms with van der Waals surface area (Å²) in [7, 11) is 0. The fraction of sp³-hybridized carbons (Fsp3) is 0.100. The zero-order valence-electron chi connectivity index (χ0n) is 14.2. The lowest BCUT2D eigenvalue weighted by molar-refractivity contribution is -0.384. The SMILES string of the molecule is C=CCN(CC=C)c1nc(-c2ccc([N+](=O)[O-])cc2)nc2ccccc12. The Morgan fingerprint density at radius 1 is 1.00 bits per heavy atom. The predicted molar refractivity (Wildman–Crippen MR) is 104 cm³/mol. The van der Waals surface area contributed by atoms with Crippen molar-refractivity contribution in [2.45, 2.75) is 0 Å². The first-order chi connectivity index (χ1) is 12.6. The van der Waals surface area contributed by atoms with E-state index in [9.17, 15) is 10.1 Å². The zero-order valence-corrected chi connectivity index (χ0v) is 14.2. The molecule has 0 saturated heterocycles. The van der Waals surface area contributed by atoms with E-state index in [1.165, 1.54) is 12.1 Å². The standard InChI is InChI=1S/C20H18N4O2/c1-3-13-23(14-4-2)20-17-7-5-6-8-18(17)21-19(22-20)15-9-11-16(12-10-15)24(25)26/h3-12H,1-2,13-14H2. The first kappa shape index (κ1) is 17.3. The number of hydrogen-bond acceptors (Lipinski definition) is 5. The molecule has 0 aliphatic heterocycles. The number of anilines is 1. The summed E-state index contributed by atoms with van der Waals surface area (Å²) < 4.78 is 0. The lowest BCUT2D eigenvalue weighted by Gasteiger charge is -2.22. The van der Waals surface area contributed by atoms with Crippen LogP contribution in [0.5, 0.6) is 0 Å². The van der Waals surface area contributed by atoms with Crippen molar-refractivity contribution in [3.63, 3.8) is 0 Å². The van der Waals surface area contributed by atoms with Crippen molar-refractivity contribution < 1.29 is 4.92 Å². The van der Waals surface area contributed by atoms with E-state index in [1.54, 1.807) is 12.1 Å². The molecule has 0 saturated carbocycles. The predicted octanol–water partition coefficient (Wildman–Crippen LogP) is 4.38. The molecular formula is C20H18N4O2. The molecule has 0 aliphatic rings. The summed E-state index contributed by atoms with van der Waals surface area (Å²) in [5.41, 5.74) is 1.57. The molecule has 130 valence electrons. The van der Waals surface area contributed by atoms with Gasteiger partial charge in [0.2, 0.25) is 0 Å². The smallest absolute Gasteiger partial charge is 0.269 e. The van der Waals surface area contributed by atoms with Crippen LogP contribution in [0.15, 0.2) is 73.8 Å². The summed E-state index contributed by atoms with van der Waals surface area (Å²) in [6.45, 7) is 8.86. The number of nitrogens with zero attached hydrogens (tertiary/aromatic N) is 4. The molecular weight excluding hydrogens is 328 g/mol. The van der Waals surface area contributed by atoms with Crippen LogP contribution in [-0.4, -0.2) is 28.0 Å². The van der Waals surface area contributed by atoms with Gasteiger partial charge in [0.1, 0.15) is 5.82 Å². The molecule has 3 rings (SSSR count). The summed E-state index contributed by atoms with van der Waals surface area (Å²) in [5.74, 6) is 1.30. The van der Waals surface area contributed by atoms with Crippen molar-refractivity contribution in [3.05, 3.63) is 84.0 Å². The van der Waals surface area contributed by atoms with E-state index < -0.39 is 4.92 Å². The van der Waals surface area contributed by atoms with Gasteiger partial charge in [-0.3, -0.25) is 10.1 Å². The Morgan fingerprint density at radius 3 is 2.27 bits per heavy atom. The number of hydrogen-bond donors (Lipinski definition) is 0. The lowest BCUT2D eigenvalue weighted by atomic mass is 10.1. The number of non-ortho nitro benzene ring substituents is 1. The lowest BCUT2D eigenvalue weighted by Crippen LogP contribution is -2.24. The highest BCUT2D eigenvalue weighted by Crippen LogP contribution is 2.28. The Kier molecular flexibility index (Phi) is 5.03. The average molecular weight is 346 g/mol. The molecule has 0 unspecified atom stereocenters. The molecule has 1 heterocycles. The molecule has 0 spiro atoms. The van der Waals surface area contributed by atoms with Crippen LogP contribution >= 0.6 is 0 Å². The fourth-order valence-corrected chi connectivity index (χ4v) is 2.72. The Bertz CT molecular complexity index is 957. The van der Waals surface area contributed by atoms with Crippen molar-refractivity contribution in [2.75, 3.05) is 18.0 Å². The van der Waals surface area contributed by atoms with E-state index in [1.807, 2.05) is 36.4 Å². The molecule has 0 radical (unpaired) electrons. The molecule has 0 N–H and O–H groups in total. The molecule has 6 heteroatoms. The minimum Gasteiger partial charge on any atom is -0.349 e. The summed E-state index contributed by atoms with van der Waals surface area (Å²) in [4.78, 5) is 21.8. The maximum atomic E-state index is 10.9. The third kappa shape index (κ3) is 3.44. The van der Waals surface area contributed by atoms with Gasteiger partial charge in [-0.2, -0.15) is 0 Å². The molecule has 3 aromatic rings. The van der Waals surface area contributed by atoms with Gasteiger partial charge in [0.25, 0.3) is 5.69 Å². The van der Waals surface area contributed by atoms with Crippen LogP contribution in [0.3, 0.4) is 0 Å². The summed E-state index contributed by atoms with van der Waals surface area (Å²) in [6.07, 6.45) is 3.62. The van der Waals surface area contributed by atoms with Crippen LogP contribution < -0.4 is 4.90 Å². The second kappa shape index (κ2) is 7.57. The highest BCUT2D eigenvalue weighted by molar-refractivity contribution is 5.91. The van der Waals surface area contributed by atoms with Gasteiger partial charge in [-0.15, -0.1) is 13.2 Å². The van der Waals surface area contributed by atoms with E-state index in [-0.39, 0.29) is 5.69 Å². The topological polar surface area (TPSA) is 72.2 Å². The van der Waals surface area contributed by atoms with E-state index in [0.29, 0.717) is 18.9 Å². The number of benzene rings is 2. The van der Waals surface area contributed by atoms with Gasteiger partial charge >= 0.3 is 0 Å². The minimum absolute atomic E-state index is 0.0368. The fourth-order valence-electron chi connectivity index (χ4n) is 2.72. The number of nitro benzene ring substituents is 1. The van der Waals surface area contributed by atoms with Gasteiger partial charge < -0.3 is 4.90 Å². The van der Waals surface area contributed by atoms with Crippen LogP contribution in [0, 0.1) is 10.1 Å². The van der Waals surface area contributed by atoms with Crippen molar-refractivity contribution in [2.24, 2.45) is 0 Å². The largest absolute Gasteiger partial charge is 0.349 e. The van der Waals surface area contributed by atoms with Crippen LogP contribution in [0.25, 0.3) is 22.3 Å². The van der Waals surface area contributed by atoms with Gasteiger partial charge in [-0.1, -0.05) is 24.3 Å². The zero-order chi connectivity index (χ0) is 18.5. The third-order valence-corrected chi connectivity index (χ3v) is 3.92. The van der Waals surface area contributed by atoms with Crippen LogP contribution in [-0.2, 0) is 0 Å². The highest BCUT2D eigenvalue weighted by atomic mass is 16.6. The van der Waals surface area contributed by atoms with E-state index in [4.69, 9.17) is 4.98 Å². The van der Waals surface area contributed by atoms with Crippen molar-refractivity contribution in [1.29, 1.82) is 0 Å². The Labute approximate surface area is 151 Å². The maximum absolute atomic E-state index is 10.9. The number of nitro groups is 1. The van der Waals surface area contributed by atoms with Crippen molar-refractivity contribution in [1.82, 2.24) is 9.97 Å². The van der Waals surface area contributed by atoms with Gasteiger partial charge in [-0.25, -0.2) is 9.97 Å². The van der Waals surface area contributed by atoms with Gasteiger partial charge in [-0.05, 0) is 24.3 Å². The van der Waals surface area contributed by atoms with Crippen LogP contribution in [0.4, 0.5) is 11.5 Å². The molecule has 0 amide bonds. The molecule has 0 atom stereocenters. The van der Waals surface area contributed by atoms with Gasteiger partial charge in [0.15, 0.2) is 5.82 Å². The number of para-hydroxylation sites is 1. The average Bonchev–Trinajstić information content (AvgIpc) is 2.67. The normalized spacial score (nSPS) is 10.5. The second-order valence-electron chi connectivity index (χ2n) is 5.67. The molecule has 0 aliphatic carbocycles. The monoisotopic (exact) mass is 346 g/mol.